The number of carbonyl (C=O) groups is 1. The molecule has 9 heteroatoms. The Balaban J connectivity index is 1.26. The first kappa shape index (κ1) is 26.7. The Labute approximate surface area is 229 Å². The van der Waals surface area contributed by atoms with Crippen molar-refractivity contribution in [1.29, 1.82) is 0 Å². The van der Waals surface area contributed by atoms with Crippen molar-refractivity contribution in [2.75, 3.05) is 13.2 Å². The number of ether oxygens (including phenoxy) is 2. The van der Waals surface area contributed by atoms with Gasteiger partial charge in [0.1, 0.15) is 12.4 Å². The Bertz CT molecular complexity index is 1490. The van der Waals surface area contributed by atoms with E-state index in [9.17, 15) is 18.0 Å². The molecule has 210 valence electrons. The van der Waals surface area contributed by atoms with Gasteiger partial charge in [-0.2, -0.15) is 13.2 Å². The van der Waals surface area contributed by atoms with Crippen LogP contribution in [0.3, 0.4) is 0 Å². The van der Waals surface area contributed by atoms with Crippen LogP contribution < -0.4 is 10.1 Å². The normalized spacial score (nSPS) is 24.1. The third kappa shape index (κ3) is 4.44. The van der Waals surface area contributed by atoms with Gasteiger partial charge in [-0.3, -0.25) is 4.79 Å². The van der Waals surface area contributed by atoms with Crippen LogP contribution in [0, 0.1) is 17.7 Å². The van der Waals surface area contributed by atoms with Crippen LogP contribution in [0.15, 0.2) is 48.7 Å². The smallest absolute Gasteiger partial charge is 0.416 e. The Hall–Kier alpha value is -3.46. The van der Waals surface area contributed by atoms with Crippen molar-refractivity contribution >= 4 is 5.97 Å². The molecule has 0 spiro atoms. The second-order valence-corrected chi connectivity index (χ2v) is 11.5. The molecule has 5 nitrogen and oxygen atoms in total. The number of nitrogens with zero attached hydrogens (tertiary/aromatic N) is 1. The molecule has 0 saturated heterocycles. The molecule has 1 unspecified atom stereocenters. The Morgan fingerprint density at radius 1 is 1.15 bits per heavy atom. The number of halogens is 4. The van der Waals surface area contributed by atoms with Gasteiger partial charge in [-0.25, -0.2) is 9.37 Å². The highest BCUT2D eigenvalue weighted by atomic mass is 19.4. The zero-order valence-electron chi connectivity index (χ0n) is 22.4. The number of benzene rings is 2. The van der Waals surface area contributed by atoms with Crippen molar-refractivity contribution < 1.29 is 31.8 Å². The summed E-state index contributed by atoms with van der Waals surface area (Å²) in [5.41, 5.74) is 1.91. The maximum Gasteiger partial charge on any atom is 0.416 e. The SMILES string of the molecule is CCOC(=O)[C@H]1[C@@H]2Cc3cc(OCc4ccc5c(c4F)C(c4ccccc4C(F)(F)F)NCC5(C)C)ncc3[C@@H]21. The lowest BCUT2D eigenvalue weighted by molar-refractivity contribution is -0.145. The van der Waals surface area contributed by atoms with Crippen LogP contribution in [-0.4, -0.2) is 24.1 Å². The minimum atomic E-state index is -4.57. The first-order valence-corrected chi connectivity index (χ1v) is 13.5. The van der Waals surface area contributed by atoms with Crippen LogP contribution in [0.2, 0.25) is 0 Å². The van der Waals surface area contributed by atoms with Crippen LogP contribution in [0.4, 0.5) is 17.6 Å². The lowest BCUT2D eigenvalue weighted by Crippen LogP contribution is -2.43. The minimum Gasteiger partial charge on any atom is -0.473 e. The first-order chi connectivity index (χ1) is 19.0. The summed E-state index contributed by atoms with van der Waals surface area (Å²) in [5.74, 6) is -0.182. The van der Waals surface area contributed by atoms with E-state index < -0.39 is 29.0 Å². The summed E-state index contributed by atoms with van der Waals surface area (Å²) in [5, 5.41) is 3.17. The van der Waals surface area contributed by atoms with E-state index in [0.29, 0.717) is 24.6 Å². The molecule has 4 atom stereocenters. The second-order valence-electron chi connectivity index (χ2n) is 11.5. The van der Waals surface area contributed by atoms with Crippen LogP contribution in [-0.2, 0) is 34.2 Å². The first-order valence-electron chi connectivity index (χ1n) is 13.5. The number of carbonyl (C=O) groups excluding carboxylic acids is 1. The van der Waals surface area contributed by atoms with E-state index in [0.717, 1.165) is 23.6 Å². The van der Waals surface area contributed by atoms with Gasteiger partial charge in [-0.05, 0) is 47.6 Å². The minimum absolute atomic E-state index is 0.0105. The average molecular weight is 555 g/mol. The predicted octanol–water partition coefficient (Wildman–Crippen LogP) is 6.24. The molecule has 40 heavy (non-hydrogen) atoms. The van der Waals surface area contributed by atoms with E-state index in [2.05, 4.69) is 10.3 Å². The van der Waals surface area contributed by atoms with Crippen molar-refractivity contribution in [2.24, 2.45) is 11.8 Å². The van der Waals surface area contributed by atoms with Gasteiger partial charge in [0, 0.05) is 41.3 Å². The molecule has 3 aromatic rings. The number of esters is 1. The van der Waals surface area contributed by atoms with Gasteiger partial charge in [0.15, 0.2) is 0 Å². The van der Waals surface area contributed by atoms with E-state index in [1.165, 1.54) is 18.2 Å². The molecule has 6 rings (SSSR count). The summed E-state index contributed by atoms with van der Waals surface area (Å²) >= 11 is 0. The van der Waals surface area contributed by atoms with Gasteiger partial charge in [-0.1, -0.05) is 44.2 Å². The molecule has 1 saturated carbocycles. The zero-order valence-corrected chi connectivity index (χ0v) is 22.4. The van der Waals surface area contributed by atoms with Gasteiger partial charge in [0.25, 0.3) is 0 Å². The number of hydrogen-bond acceptors (Lipinski definition) is 5. The summed E-state index contributed by atoms with van der Waals surface area (Å²) < 4.78 is 68.8. The van der Waals surface area contributed by atoms with E-state index in [4.69, 9.17) is 9.47 Å². The molecular formula is C31H30F4N2O3. The lowest BCUT2D eigenvalue weighted by atomic mass is 9.74. The van der Waals surface area contributed by atoms with Crippen LogP contribution in [0.1, 0.15) is 71.7 Å². The molecule has 0 bridgehead atoms. The van der Waals surface area contributed by atoms with Crippen LogP contribution >= 0.6 is 0 Å². The van der Waals surface area contributed by atoms with E-state index in [-0.39, 0.29) is 47.0 Å². The number of aromatic nitrogens is 1. The quantitative estimate of drug-likeness (QED) is 0.289. The highest BCUT2D eigenvalue weighted by Gasteiger charge is 2.60. The molecule has 1 N–H and O–H groups in total. The Morgan fingerprint density at radius 2 is 1.93 bits per heavy atom. The van der Waals surface area contributed by atoms with Crippen molar-refractivity contribution in [3.8, 4) is 5.88 Å². The van der Waals surface area contributed by atoms with Crippen molar-refractivity contribution in [1.82, 2.24) is 10.3 Å². The van der Waals surface area contributed by atoms with Gasteiger partial charge >= 0.3 is 12.1 Å². The molecule has 0 radical (unpaired) electrons. The number of hydrogen-bond donors (Lipinski definition) is 1. The number of pyridine rings is 1. The van der Waals surface area contributed by atoms with Crippen molar-refractivity contribution in [3.63, 3.8) is 0 Å². The molecule has 1 fully saturated rings. The summed E-state index contributed by atoms with van der Waals surface area (Å²) in [4.78, 5) is 16.5. The van der Waals surface area contributed by atoms with Crippen molar-refractivity contribution in [3.05, 3.63) is 93.4 Å². The largest absolute Gasteiger partial charge is 0.473 e. The Kier molecular flexibility index (Phi) is 6.40. The maximum atomic E-state index is 16.2. The summed E-state index contributed by atoms with van der Waals surface area (Å²) in [6.45, 7) is 6.29. The number of fused-ring (bicyclic) bond motifs is 4. The van der Waals surface area contributed by atoms with E-state index >= 15 is 4.39 Å². The maximum absolute atomic E-state index is 16.2. The highest BCUT2D eigenvalue weighted by molar-refractivity contribution is 5.79. The molecule has 2 aromatic carbocycles. The van der Waals surface area contributed by atoms with Gasteiger partial charge < -0.3 is 14.8 Å². The van der Waals surface area contributed by atoms with Crippen molar-refractivity contribution in [2.45, 2.75) is 57.3 Å². The fraction of sp³-hybridized carbons (Fsp3) is 0.419. The summed E-state index contributed by atoms with van der Waals surface area (Å²) in [7, 11) is 0. The van der Waals surface area contributed by atoms with Crippen LogP contribution in [0.25, 0.3) is 0 Å². The lowest BCUT2D eigenvalue weighted by Gasteiger charge is -2.39. The molecule has 3 aliphatic rings. The van der Waals surface area contributed by atoms with Gasteiger partial charge in [0.2, 0.25) is 5.88 Å². The molecular weight excluding hydrogens is 524 g/mol. The fourth-order valence-electron chi connectivity index (χ4n) is 6.51. The molecule has 1 aliphatic heterocycles. The van der Waals surface area contributed by atoms with E-state index in [1.54, 1.807) is 25.3 Å². The van der Waals surface area contributed by atoms with Gasteiger partial charge in [0.05, 0.1) is 24.1 Å². The second kappa shape index (κ2) is 9.58. The monoisotopic (exact) mass is 554 g/mol. The predicted molar refractivity (Wildman–Crippen MR) is 139 cm³/mol. The molecule has 2 aliphatic carbocycles. The summed E-state index contributed by atoms with van der Waals surface area (Å²) in [6, 6.07) is 9.60. The summed E-state index contributed by atoms with van der Waals surface area (Å²) in [6.07, 6.45) is -2.12. The zero-order chi connectivity index (χ0) is 28.4. The standard InChI is InChI=1S/C31H30F4N2O3/c1-4-39-29(38)25-19-11-17-12-23(36-13-20(17)24(19)25)40-14-16-9-10-22-26(27(16)32)28(37-15-30(22,2)3)18-7-5-6-8-21(18)31(33,34)35/h5-10,12-13,19,24-25,28,37H,4,11,14-15H2,1-3H3/t19-,24-,25+,28?/m1/s1. The topological polar surface area (TPSA) is 60.5 Å². The van der Waals surface area contributed by atoms with E-state index in [1.807, 2.05) is 19.9 Å². The third-order valence-corrected chi connectivity index (χ3v) is 8.52. The molecule has 1 aromatic heterocycles. The number of alkyl halides is 3. The molecule has 0 amide bonds. The third-order valence-electron chi connectivity index (χ3n) is 8.52. The highest BCUT2D eigenvalue weighted by Crippen LogP contribution is 2.62. The van der Waals surface area contributed by atoms with Crippen LogP contribution in [0.5, 0.6) is 5.88 Å². The Morgan fingerprint density at radius 3 is 2.67 bits per heavy atom. The van der Waals surface area contributed by atoms with Gasteiger partial charge in [-0.15, -0.1) is 0 Å². The average Bonchev–Trinajstić information content (AvgIpc) is 3.49. The number of rotatable bonds is 6. The fourth-order valence-corrected chi connectivity index (χ4v) is 6.51. The number of nitrogens with one attached hydrogen (secondary N) is 1. The molecule has 2 heterocycles.